The maximum Gasteiger partial charge on any atom is 0.248 e. The first-order chi connectivity index (χ1) is 12.6. The standard InChI is InChI=1S/C20H32N4O2/c1-4-21-20(22-11-14-26-13-10-16(2)3)23-15-19(25)24-12-9-17-7-5-6-8-18(17)24/h5-8,16H,4,9-15H2,1-3H3,(H2,21,22,23). The molecule has 1 aliphatic heterocycles. The second-order valence-corrected chi connectivity index (χ2v) is 6.84. The number of aliphatic imine (C=N–C) groups is 1. The number of fused-ring (bicyclic) bond motifs is 1. The predicted octanol–water partition coefficient (Wildman–Crippen LogP) is 2.19. The van der Waals surface area contributed by atoms with Gasteiger partial charge in [0.05, 0.1) is 6.61 Å². The van der Waals surface area contributed by atoms with Crippen LogP contribution in [0.3, 0.4) is 0 Å². The molecule has 0 spiro atoms. The fraction of sp³-hybridized carbons (Fsp3) is 0.600. The molecule has 6 nitrogen and oxygen atoms in total. The highest BCUT2D eigenvalue weighted by atomic mass is 16.5. The van der Waals surface area contributed by atoms with Crippen LogP contribution in [-0.4, -0.2) is 51.3 Å². The lowest BCUT2D eigenvalue weighted by atomic mass is 10.1. The summed E-state index contributed by atoms with van der Waals surface area (Å²) in [6.45, 7) is 10.1. The molecular weight excluding hydrogens is 328 g/mol. The van der Waals surface area contributed by atoms with E-state index in [1.807, 2.05) is 30.0 Å². The van der Waals surface area contributed by atoms with Crippen molar-refractivity contribution in [2.45, 2.75) is 33.6 Å². The van der Waals surface area contributed by atoms with E-state index in [0.717, 1.165) is 38.2 Å². The molecule has 1 aromatic carbocycles. The van der Waals surface area contributed by atoms with Crippen LogP contribution in [0.2, 0.25) is 0 Å². The van der Waals surface area contributed by atoms with E-state index >= 15 is 0 Å². The van der Waals surface area contributed by atoms with Crippen LogP contribution in [0.15, 0.2) is 29.3 Å². The molecule has 0 saturated carbocycles. The van der Waals surface area contributed by atoms with Crippen LogP contribution in [-0.2, 0) is 16.0 Å². The van der Waals surface area contributed by atoms with Crippen LogP contribution in [0, 0.1) is 5.92 Å². The number of hydrogen-bond acceptors (Lipinski definition) is 3. The lowest BCUT2D eigenvalue weighted by molar-refractivity contribution is -0.117. The molecular formula is C20H32N4O2. The fourth-order valence-corrected chi connectivity index (χ4v) is 2.83. The van der Waals surface area contributed by atoms with Crippen molar-refractivity contribution in [2.24, 2.45) is 10.9 Å². The first kappa shape index (κ1) is 20.2. The van der Waals surface area contributed by atoms with Gasteiger partial charge in [0.25, 0.3) is 0 Å². The quantitative estimate of drug-likeness (QED) is 0.402. The Hall–Kier alpha value is -2.08. The Labute approximate surface area is 157 Å². The third kappa shape index (κ3) is 6.33. The molecule has 0 radical (unpaired) electrons. The van der Waals surface area contributed by atoms with E-state index in [-0.39, 0.29) is 12.5 Å². The Balaban J connectivity index is 1.78. The Morgan fingerprint density at radius 3 is 2.85 bits per heavy atom. The molecule has 0 aliphatic carbocycles. The van der Waals surface area contributed by atoms with Gasteiger partial charge in [-0.25, -0.2) is 4.99 Å². The summed E-state index contributed by atoms with van der Waals surface area (Å²) in [7, 11) is 0. The van der Waals surface area contributed by atoms with Gasteiger partial charge in [0.2, 0.25) is 5.91 Å². The van der Waals surface area contributed by atoms with E-state index in [9.17, 15) is 4.79 Å². The number of carbonyl (C=O) groups excluding carboxylic acids is 1. The zero-order valence-corrected chi connectivity index (χ0v) is 16.3. The van der Waals surface area contributed by atoms with Crippen LogP contribution in [0.4, 0.5) is 5.69 Å². The van der Waals surface area contributed by atoms with Gasteiger partial charge in [-0.15, -0.1) is 0 Å². The van der Waals surface area contributed by atoms with Gasteiger partial charge in [0.1, 0.15) is 6.54 Å². The number of benzene rings is 1. The Bertz CT molecular complexity index is 601. The topological polar surface area (TPSA) is 66.0 Å². The zero-order valence-electron chi connectivity index (χ0n) is 16.3. The number of nitrogens with zero attached hydrogens (tertiary/aromatic N) is 2. The highest BCUT2D eigenvalue weighted by molar-refractivity contribution is 5.98. The highest BCUT2D eigenvalue weighted by Crippen LogP contribution is 2.27. The van der Waals surface area contributed by atoms with Gasteiger partial charge in [-0.3, -0.25) is 4.79 Å². The summed E-state index contributed by atoms with van der Waals surface area (Å²) in [5, 5.41) is 6.39. The number of nitrogens with one attached hydrogen (secondary N) is 2. The molecule has 2 N–H and O–H groups in total. The summed E-state index contributed by atoms with van der Waals surface area (Å²) in [4.78, 5) is 18.8. The van der Waals surface area contributed by atoms with Crippen LogP contribution in [0.1, 0.15) is 32.8 Å². The predicted molar refractivity (Wildman–Crippen MR) is 107 cm³/mol. The largest absolute Gasteiger partial charge is 0.380 e. The van der Waals surface area contributed by atoms with E-state index in [1.54, 1.807) is 0 Å². The summed E-state index contributed by atoms with van der Waals surface area (Å²) < 4.78 is 5.60. The zero-order chi connectivity index (χ0) is 18.8. The molecule has 0 fully saturated rings. The third-order valence-corrected chi connectivity index (χ3v) is 4.28. The number of amides is 1. The number of ether oxygens (including phenoxy) is 1. The van der Waals surface area contributed by atoms with Crippen LogP contribution < -0.4 is 15.5 Å². The lowest BCUT2D eigenvalue weighted by Gasteiger charge is -2.17. The highest BCUT2D eigenvalue weighted by Gasteiger charge is 2.23. The number of para-hydroxylation sites is 1. The van der Waals surface area contributed by atoms with Crippen molar-refractivity contribution in [3.63, 3.8) is 0 Å². The van der Waals surface area contributed by atoms with Gasteiger partial charge in [0, 0.05) is 31.9 Å². The van der Waals surface area contributed by atoms with Gasteiger partial charge < -0.3 is 20.3 Å². The van der Waals surface area contributed by atoms with Crippen LogP contribution >= 0.6 is 0 Å². The summed E-state index contributed by atoms with van der Waals surface area (Å²) in [6, 6.07) is 8.07. The van der Waals surface area contributed by atoms with E-state index in [4.69, 9.17) is 4.74 Å². The van der Waals surface area contributed by atoms with Gasteiger partial charge in [-0.1, -0.05) is 32.0 Å². The minimum Gasteiger partial charge on any atom is -0.380 e. The molecule has 6 heteroatoms. The molecule has 2 rings (SSSR count). The Morgan fingerprint density at radius 2 is 2.08 bits per heavy atom. The van der Waals surface area contributed by atoms with Crippen LogP contribution in [0.25, 0.3) is 0 Å². The SMILES string of the molecule is CCNC(=NCC(=O)N1CCc2ccccc21)NCCOCCC(C)C. The fourth-order valence-electron chi connectivity index (χ4n) is 2.83. The minimum atomic E-state index is 0.0281. The number of rotatable bonds is 9. The molecule has 0 unspecified atom stereocenters. The number of hydrogen-bond donors (Lipinski definition) is 2. The molecule has 144 valence electrons. The average Bonchev–Trinajstić information content (AvgIpc) is 3.06. The van der Waals surface area contributed by atoms with Crippen molar-refractivity contribution in [1.29, 1.82) is 0 Å². The van der Waals surface area contributed by atoms with Gasteiger partial charge >= 0.3 is 0 Å². The first-order valence-corrected chi connectivity index (χ1v) is 9.60. The Morgan fingerprint density at radius 1 is 1.27 bits per heavy atom. The maximum absolute atomic E-state index is 12.5. The summed E-state index contributed by atoms with van der Waals surface area (Å²) in [6.07, 6.45) is 1.98. The van der Waals surface area contributed by atoms with Crippen molar-refractivity contribution in [3.05, 3.63) is 29.8 Å². The van der Waals surface area contributed by atoms with Crippen molar-refractivity contribution in [2.75, 3.05) is 44.3 Å². The minimum absolute atomic E-state index is 0.0281. The monoisotopic (exact) mass is 360 g/mol. The molecule has 1 heterocycles. The van der Waals surface area contributed by atoms with Gasteiger partial charge in [-0.05, 0) is 37.3 Å². The van der Waals surface area contributed by atoms with Crippen molar-refractivity contribution >= 4 is 17.6 Å². The van der Waals surface area contributed by atoms with E-state index < -0.39 is 0 Å². The molecule has 0 bridgehead atoms. The Kier molecular flexibility index (Phi) is 8.41. The second-order valence-electron chi connectivity index (χ2n) is 6.84. The maximum atomic E-state index is 12.5. The first-order valence-electron chi connectivity index (χ1n) is 9.60. The molecule has 0 saturated heterocycles. The lowest BCUT2D eigenvalue weighted by Crippen LogP contribution is -2.40. The average molecular weight is 361 g/mol. The molecule has 0 aromatic heterocycles. The van der Waals surface area contributed by atoms with Gasteiger partial charge in [-0.2, -0.15) is 0 Å². The summed E-state index contributed by atoms with van der Waals surface area (Å²) in [5.74, 6) is 1.34. The smallest absolute Gasteiger partial charge is 0.248 e. The number of carbonyl (C=O) groups is 1. The normalized spacial score (nSPS) is 13.8. The summed E-state index contributed by atoms with van der Waals surface area (Å²) in [5.41, 5.74) is 2.25. The van der Waals surface area contributed by atoms with Crippen LogP contribution in [0.5, 0.6) is 0 Å². The van der Waals surface area contributed by atoms with E-state index in [2.05, 4.69) is 35.5 Å². The van der Waals surface area contributed by atoms with E-state index in [0.29, 0.717) is 25.0 Å². The number of anilines is 1. The molecule has 1 aliphatic rings. The molecule has 26 heavy (non-hydrogen) atoms. The van der Waals surface area contributed by atoms with Crippen molar-refractivity contribution in [3.8, 4) is 0 Å². The van der Waals surface area contributed by atoms with Gasteiger partial charge in [0.15, 0.2) is 5.96 Å². The third-order valence-electron chi connectivity index (χ3n) is 4.28. The molecule has 1 amide bonds. The van der Waals surface area contributed by atoms with Crippen molar-refractivity contribution in [1.82, 2.24) is 10.6 Å². The summed E-state index contributed by atoms with van der Waals surface area (Å²) >= 11 is 0. The molecule has 1 aromatic rings. The van der Waals surface area contributed by atoms with E-state index in [1.165, 1.54) is 5.56 Å². The number of guanidine groups is 1. The second kappa shape index (κ2) is 10.8. The van der Waals surface area contributed by atoms with Crippen molar-refractivity contribution < 1.29 is 9.53 Å². The molecule has 0 atom stereocenters.